The van der Waals surface area contributed by atoms with E-state index in [2.05, 4.69) is 4.74 Å². The van der Waals surface area contributed by atoms with Crippen LogP contribution in [0.3, 0.4) is 0 Å². The second-order valence-corrected chi connectivity index (χ2v) is 10.1. The quantitative estimate of drug-likeness (QED) is 0.420. The number of carbonyl (C=O) groups excluding carboxylic acids is 1. The molecule has 0 radical (unpaired) electrons. The van der Waals surface area contributed by atoms with Gasteiger partial charge in [-0.15, -0.1) is 11.3 Å². The van der Waals surface area contributed by atoms with Crippen molar-refractivity contribution in [2.45, 2.75) is 17.4 Å². The molecular formula is C22H22F2N2O5S2. The first kappa shape index (κ1) is 24.5. The molecule has 0 fully saturated rings. The zero-order chi connectivity index (χ0) is 24.0. The number of likely N-dealkylation sites (N-methyl/N-ethyl adjacent to an activating group) is 1. The van der Waals surface area contributed by atoms with E-state index in [-0.39, 0.29) is 29.0 Å². The van der Waals surface area contributed by atoms with Gasteiger partial charge in [0.25, 0.3) is 15.9 Å². The molecule has 33 heavy (non-hydrogen) atoms. The first-order valence-corrected chi connectivity index (χ1v) is 12.0. The van der Waals surface area contributed by atoms with Gasteiger partial charge < -0.3 is 14.4 Å². The number of ether oxygens (including phenoxy) is 2. The van der Waals surface area contributed by atoms with Crippen LogP contribution in [0, 0.1) is 0 Å². The third kappa shape index (κ3) is 6.42. The van der Waals surface area contributed by atoms with E-state index in [1.165, 1.54) is 28.4 Å². The first-order valence-electron chi connectivity index (χ1n) is 9.70. The summed E-state index contributed by atoms with van der Waals surface area (Å²) in [5, 5.41) is 1.70. The molecule has 0 aliphatic rings. The van der Waals surface area contributed by atoms with Crippen molar-refractivity contribution in [3.8, 4) is 11.5 Å². The smallest absolute Gasteiger partial charge is 0.387 e. The van der Waals surface area contributed by atoms with Gasteiger partial charge in [-0.25, -0.2) is 8.42 Å². The van der Waals surface area contributed by atoms with Crippen molar-refractivity contribution in [2.24, 2.45) is 0 Å². The molecule has 1 aromatic heterocycles. The highest BCUT2D eigenvalue weighted by Gasteiger charge is 2.22. The highest BCUT2D eigenvalue weighted by molar-refractivity contribution is 7.94. The molecule has 2 aromatic carbocycles. The number of anilines is 1. The van der Waals surface area contributed by atoms with Crippen molar-refractivity contribution in [1.29, 1.82) is 0 Å². The molecule has 0 saturated heterocycles. The van der Waals surface area contributed by atoms with Gasteiger partial charge in [0.15, 0.2) is 6.61 Å². The third-order valence-electron chi connectivity index (χ3n) is 4.67. The van der Waals surface area contributed by atoms with Crippen LogP contribution in [-0.2, 0) is 21.4 Å². The maximum atomic E-state index is 12.6. The van der Waals surface area contributed by atoms with Crippen LogP contribution in [0.5, 0.6) is 11.5 Å². The van der Waals surface area contributed by atoms with Crippen LogP contribution in [-0.4, -0.2) is 46.5 Å². The van der Waals surface area contributed by atoms with Gasteiger partial charge in [-0.3, -0.25) is 9.10 Å². The van der Waals surface area contributed by atoms with Crippen LogP contribution >= 0.6 is 11.3 Å². The maximum absolute atomic E-state index is 12.6. The number of nitrogens with zero attached hydrogens (tertiary/aromatic N) is 2. The number of halogens is 2. The summed E-state index contributed by atoms with van der Waals surface area (Å²) < 4.78 is 60.9. The number of hydrogen-bond acceptors (Lipinski definition) is 6. The Morgan fingerprint density at radius 2 is 1.64 bits per heavy atom. The molecule has 0 bridgehead atoms. The molecule has 0 atom stereocenters. The van der Waals surface area contributed by atoms with Crippen molar-refractivity contribution in [1.82, 2.24) is 4.90 Å². The van der Waals surface area contributed by atoms with Gasteiger partial charge in [0.05, 0.1) is 5.69 Å². The molecule has 11 heteroatoms. The topological polar surface area (TPSA) is 76.2 Å². The monoisotopic (exact) mass is 496 g/mol. The number of rotatable bonds is 10. The first-order chi connectivity index (χ1) is 15.7. The highest BCUT2D eigenvalue weighted by Crippen LogP contribution is 2.26. The maximum Gasteiger partial charge on any atom is 0.387 e. The fourth-order valence-electron chi connectivity index (χ4n) is 2.83. The molecule has 1 heterocycles. The van der Waals surface area contributed by atoms with Crippen molar-refractivity contribution < 1.29 is 31.5 Å². The summed E-state index contributed by atoms with van der Waals surface area (Å²) in [6, 6.07) is 15.6. The predicted molar refractivity (Wildman–Crippen MR) is 121 cm³/mol. The van der Waals surface area contributed by atoms with E-state index in [0.717, 1.165) is 16.9 Å². The Bertz CT molecular complexity index is 1150. The van der Waals surface area contributed by atoms with Gasteiger partial charge in [0, 0.05) is 20.6 Å². The molecule has 0 spiro atoms. The van der Waals surface area contributed by atoms with Crippen molar-refractivity contribution >= 4 is 33.0 Å². The number of benzene rings is 2. The van der Waals surface area contributed by atoms with Crippen LogP contribution in [0.1, 0.15) is 5.56 Å². The number of hydrogen-bond donors (Lipinski definition) is 0. The van der Waals surface area contributed by atoms with Crippen molar-refractivity contribution in [3.05, 3.63) is 71.6 Å². The van der Waals surface area contributed by atoms with Crippen LogP contribution in [0.15, 0.2) is 70.3 Å². The molecular weight excluding hydrogens is 474 g/mol. The van der Waals surface area contributed by atoms with Crippen LogP contribution in [0.2, 0.25) is 0 Å². The fraction of sp³-hybridized carbons (Fsp3) is 0.227. The molecule has 0 saturated carbocycles. The molecule has 0 N–H and O–H groups in total. The molecule has 0 aliphatic carbocycles. The molecule has 176 valence electrons. The van der Waals surface area contributed by atoms with Gasteiger partial charge in [-0.2, -0.15) is 8.78 Å². The number of amides is 1. The zero-order valence-electron chi connectivity index (χ0n) is 17.9. The van der Waals surface area contributed by atoms with Crippen LogP contribution < -0.4 is 13.8 Å². The van der Waals surface area contributed by atoms with E-state index in [4.69, 9.17) is 4.74 Å². The Kier molecular flexibility index (Phi) is 7.88. The lowest BCUT2D eigenvalue weighted by molar-refractivity contribution is -0.132. The van der Waals surface area contributed by atoms with Gasteiger partial charge in [-0.05, 0) is 53.4 Å². The van der Waals surface area contributed by atoms with Crippen LogP contribution in [0.4, 0.5) is 14.5 Å². The lowest BCUT2D eigenvalue weighted by Crippen LogP contribution is -2.31. The minimum atomic E-state index is -3.63. The van der Waals surface area contributed by atoms with Gasteiger partial charge in [0.1, 0.15) is 15.7 Å². The summed E-state index contributed by atoms with van der Waals surface area (Å²) >= 11 is 1.14. The average molecular weight is 497 g/mol. The second-order valence-electron chi connectivity index (χ2n) is 6.96. The molecule has 0 aliphatic heterocycles. The third-order valence-corrected chi connectivity index (χ3v) is 7.83. The normalized spacial score (nSPS) is 11.3. The summed E-state index contributed by atoms with van der Waals surface area (Å²) in [5.74, 6) is 0.170. The number of alkyl halides is 2. The molecule has 0 unspecified atom stereocenters. The Morgan fingerprint density at radius 3 is 2.21 bits per heavy atom. The number of carbonyl (C=O) groups is 1. The Hall–Kier alpha value is -3.18. The SMILES string of the molecule is CN(Cc1ccc(OC(F)F)cc1)C(=O)COc1ccc(N(C)S(=O)(=O)c2cccs2)cc1. The van der Waals surface area contributed by atoms with E-state index < -0.39 is 16.6 Å². The molecule has 7 nitrogen and oxygen atoms in total. The van der Waals surface area contributed by atoms with Crippen LogP contribution in [0.25, 0.3) is 0 Å². The molecule has 1 amide bonds. The number of sulfonamides is 1. The lowest BCUT2D eigenvalue weighted by atomic mass is 10.2. The minimum Gasteiger partial charge on any atom is -0.484 e. The van der Waals surface area contributed by atoms with E-state index in [9.17, 15) is 22.0 Å². The summed E-state index contributed by atoms with van der Waals surface area (Å²) in [6.07, 6.45) is 0. The van der Waals surface area contributed by atoms with E-state index >= 15 is 0 Å². The standard InChI is InChI=1S/C22H22F2N2O5S2/c1-25(14-16-5-9-19(10-6-16)31-22(23)24)20(27)15-30-18-11-7-17(8-12-18)26(2)33(28,29)21-4-3-13-32-21/h3-13,22H,14-15H2,1-2H3. The van der Waals surface area contributed by atoms with E-state index in [1.807, 2.05) is 0 Å². The van der Waals surface area contributed by atoms with Gasteiger partial charge in [-0.1, -0.05) is 18.2 Å². The second kappa shape index (κ2) is 10.6. The minimum absolute atomic E-state index is 0.0448. The summed E-state index contributed by atoms with van der Waals surface area (Å²) in [5.41, 5.74) is 1.20. The van der Waals surface area contributed by atoms with Crippen molar-refractivity contribution in [3.63, 3.8) is 0 Å². The summed E-state index contributed by atoms with van der Waals surface area (Å²) in [6.45, 7) is -2.84. The average Bonchev–Trinajstić information content (AvgIpc) is 3.34. The Balaban J connectivity index is 1.52. The Labute approximate surface area is 194 Å². The fourth-order valence-corrected chi connectivity index (χ4v) is 5.19. The lowest BCUT2D eigenvalue weighted by Gasteiger charge is -2.19. The molecule has 3 aromatic rings. The zero-order valence-corrected chi connectivity index (χ0v) is 19.5. The van der Waals surface area contributed by atoms with Crippen molar-refractivity contribution in [2.75, 3.05) is 25.0 Å². The summed E-state index contributed by atoms with van der Waals surface area (Å²) in [4.78, 5) is 13.8. The van der Waals surface area contributed by atoms with Gasteiger partial charge >= 0.3 is 6.61 Å². The Morgan fingerprint density at radius 1 is 1.00 bits per heavy atom. The van der Waals surface area contributed by atoms with Gasteiger partial charge in [0.2, 0.25) is 0 Å². The highest BCUT2D eigenvalue weighted by atomic mass is 32.2. The number of thiophene rings is 1. The van der Waals surface area contributed by atoms with E-state index in [1.54, 1.807) is 61.0 Å². The van der Waals surface area contributed by atoms with E-state index in [0.29, 0.717) is 11.4 Å². The molecule has 3 rings (SSSR count). The predicted octanol–water partition coefficient (Wildman–Crippen LogP) is 4.21. The summed E-state index contributed by atoms with van der Waals surface area (Å²) in [7, 11) is -0.564. The largest absolute Gasteiger partial charge is 0.484 e.